The molecule has 0 radical (unpaired) electrons. The van der Waals surface area contributed by atoms with Crippen LogP contribution < -0.4 is 5.32 Å². The second-order valence-electron chi connectivity index (χ2n) is 5.34. The van der Waals surface area contributed by atoms with E-state index in [2.05, 4.69) is 10.3 Å². The first kappa shape index (κ1) is 17.2. The van der Waals surface area contributed by atoms with Crippen molar-refractivity contribution < 1.29 is 13.6 Å². The lowest BCUT2D eigenvalue weighted by atomic mass is 10.2. The van der Waals surface area contributed by atoms with Gasteiger partial charge in [0.2, 0.25) is 5.91 Å². The maximum absolute atomic E-state index is 13.0. The first-order chi connectivity index (χ1) is 12.0. The zero-order valence-electron chi connectivity index (χ0n) is 13.4. The highest BCUT2D eigenvalue weighted by Gasteiger charge is 2.11. The Kier molecular flexibility index (Phi) is 5.14. The van der Waals surface area contributed by atoms with Crippen molar-refractivity contribution in [2.75, 3.05) is 11.1 Å². The van der Waals surface area contributed by atoms with E-state index in [-0.39, 0.29) is 23.3 Å². The number of aromatic nitrogens is 2. The lowest BCUT2D eigenvalue weighted by molar-refractivity contribution is -0.113. The van der Waals surface area contributed by atoms with Gasteiger partial charge in [-0.25, -0.2) is 13.8 Å². The van der Waals surface area contributed by atoms with Gasteiger partial charge in [-0.3, -0.25) is 4.79 Å². The minimum absolute atomic E-state index is 0.172. The predicted octanol–water partition coefficient (Wildman–Crippen LogP) is 4.10. The Balaban J connectivity index is 1.62. The summed E-state index contributed by atoms with van der Waals surface area (Å²) in [6, 6.07) is 11.7. The van der Waals surface area contributed by atoms with E-state index < -0.39 is 0 Å². The summed E-state index contributed by atoms with van der Waals surface area (Å²) in [7, 11) is 1.84. The molecule has 0 atom stereocenters. The fourth-order valence-corrected chi connectivity index (χ4v) is 3.03. The molecule has 4 nitrogen and oxygen atoms in total. The number of rotatable bonds is 5. The number of nitrogens with zero attached hydrogens (tertiary/aromatic N) is 2. The molecule has 0 fully saturated rings. The van der Waals surface area contributed by atoms with Gasteiger partial charge in [0, 0.05) is 12.7 Å². The Bertz CT molecular complexity index is 876. The summed E-state index contributed by atoms with van der Waals surface area (Å²) in [4.78, 5) is 16.3. The minimum Gasteiger partial charge on any atom is -0.325 e. The molecule has 0 unspecified atom stereocenters. The number of hydrogen-bond acceptors (Lipinski definition) is 3. The fourth-order valence-electron chi connectivity index (χ4n) is 2.28. The van der Waals surface area contributed by atoms with E-state index in [1.165, 1.54) is 48.2 Å². The predicted molar refractivity (Wildman–Crippen MR) is 94.4 cm³/mol. The summed E-state index contributed by atoms with van der Waals surface area (Å²) >= 11 is 1.29. The van der Waals surface area contributed by atoms with E-state index in [9.17, 15) is 13.6 Å². The summed E-state index contributed by atoms with van der Waals surface area (Å²) in [5, 5.41) is 3.37. The van der Waals surface area contributed by atoms with Crippen LogP contribution in [-0.4, -0.2) is 21.2 Å². The molecular formula is C18H15F2N3OS. The molecular weight excluding hydrogens is 344 g/mol. The molecule has 0 aliphatic heterocycles. The first-order valence-corrected chi connectivity index (χ1v) is 8.47. The third kappa shape index (κ3) is 4.24. The zero-order valence-corrected chi connectivity index (χ0v) is 14.2. The standard InChI is InChI=1S/C18H15F2N3OS/c1-23-16(12-2-4-13(19)5-3-12)10-21-18(23)25-11-17(24)22-15-8-6-14(20)7-9-15/h2-10H,11H2,1H3,(H,22,24). The molecule has 0 spiro atoms. The van der Waals surface area contributed by atoms with Crippen molar-refractivity contribution in [2.24, 2.45) is 7.05 Å². The van der Waals surface area contributed by atoms with E-state index in [4.69, 9.17) is 0 Å². The Hall–Kier alpha value is -2.67. The normalized spacial score (nSPS) is 10.7. The average Bonchev–Trinajstić information content (AvgIpc) is 2.97. The van der Waals surface area contributed by atoms with Crippen molar-refractivity contribution >= 4 is 23.4 Å². The quantitative estimate of drug-likeness (QED) is 0.698. The third-order valence-corrected chi connectivity index (χ3v) is 4.59. The maximum Gasteiger partial charge on any atom is 0.234 e. The van der Waals surface area contributed by atoms with Crippen LogP contribution >= 0.6 is 11.8 Å². The number of hydrogen-bond donors (Lipinski definition) is 1. The molecule has 7 heteroatoms. The van der Waals surface area contributed by atoms with Gasteiger partial charge in [-0.1, -0.05) is 11.8 Å². The van der Waals surface area contributed by atoms with Crippen LogP contribution in [0.25, 0.3) is 11.3 Å². The topological polar surface area (TPSA) is 46.9 Å². The molecule has 1 N–H and O–H groups in total. The Morgan fingerprint density at radius 3 is 2.32 bits per heavy atom. The second kappa shape index (κ2) is 7.48. The molecule has 25 heavy (non-hydrogen) atoms. The van der Waals surface area contributed by atoms with E-state index in [1.807, 2.05) is 11.6 Å². The second-order valence-corrected chi connectivity index (χ2v) is 6.28. The van der Waals surface area contributed by atoms with Gasteiger partial charge in [-0.2, -0.15) is 0 Å². The van der Waals surface area contributed by atoms with E-state index in [0.29, 0.717) is 10.8 Å². The van der Waals surface area contributed by atoms with Crippen LogP contribution in [-0.2, 0) is 11.8 Å². The molecule has 1 aromatic heterocycles. The van der Waals surface area contributed by atoms with Crippen LogP contribution in [0.1, 0.15) is 0 Å². The van der Waals surface area contributed by atoms with E-state index in [0.717, 1.165) is 11.3 Å². The van der Waals surface area contributed by atoms with E-state index >= 15 is 0 Å². The number of anilines is 1. The molecule has 2 aromatic carbocycles. The monoisotopic (exact) mass is 359 g/mol. The fraction of sp³-hybridized carbons (Fsp3) is 0.111. The molecule has 128 valence electrons. The highest BCUT2D eigenvalue weighted by atomic mass is 32.2. The zero-order chi connectivity index (χ0) is 17.8. The molecule has 0 saturated heterocycles. The highest BCUT2D eigenvalue weighted by Crippen LogP contribution is 2.25. The van der Waals surface area contributed by atoms with Crippen LogP contribution in [0, 0.1) is 11.6 Å². The Labute approximate surface area is 147 Å². The van der Waals surface area contributed by atoms with Gasteiger partial charge in [-0.05, 0) is 54.1 Å². The largest absolute Gasteiger partial charge is 0.325 e. The van der Waals surface area contributed by atoms with Crippen molar-refractivity contribution in [3.63, 3.8) is 0 Å². The third-order valence-electron chi connectivity index (χ3n) is 3.55. The van der Waals surface area contributed by atoms with Gasteiger partial charge < -0.3 is 9.88 Å². The van der Waals surface area contributed by atoms with Crippen LogP contribution in [0.4, 0.5) is 14.5 Å². The number of thioether (sulfide) groups is 1. The van der Waals surface area contributed by atoms with Crippen molar-refractivity contribution in [3.8, 4) is 11.3 Å². The Morgan fingerprint density at radius 2 is 1.68 bits per heavy atom. The SMILES string of the molecule is Cn1c(-c2ccc(F)cc2)cnc1SCC(=O)Nc1ccc(F)cc1. The van der Waals surface area contributed by atoms with Crippen LogP contribution in [0.2, 0.25) is 0 Å². The molecule has 1 heterocycles. The van der Waals surface area contributed by atoms with Crippen LogP contribution in [0.5, 0.6) is 0 Å². The number of amides is 1. The van der Waals surface area contributed by atoms with Gasteiger partial charge in [-0.15, -0.1) is 0 Å². The van der Waals surface area contributed by atoms with Gasteiger partial charge in [0.1, 0.15) is 11.6 Å². The maximum atomic E-state index is 13.0. The van der Waals surface area contributed by atoms with Gasteiger partial charge in [0.05, 0.1) is 17.6 Å². The molecule has 3 aromatic rings. The Morgan fingerprint density at radius 1 is 1.08 bits per heavy atom. The van der Waals surface area contributed by atoms with Crippen molar-refractivity contribution in [3.05, 3.63) is 66.4 Å². The van der Waals surface area contributed by atoms with Crippen LogP contribution in [0.3, 0.4) is 0 Å². The summed E-state index contributed by atoms with van der Waals surface area (Å²) < 4.78 is 27.7. The number of halogens is 2. The lowest BCUT2D eigenvalue weighted by Gasteiger charge is -2.07. The molecule has 3 rings (SSSR count). The average molecular weight is 359 g/mol. The van der Waals surface area contributed by atoms with Gasteiger partial charge in [0.15, 0.2) is 5.16 Å². The lowest BCUT2D eigenvalue weighted by Crippen LogP contribution is -2.14. The molecule has 0 saturated carbocycles. The number of imidazole rings is 1. The van der Waals surface area contributed by atoms with E-state index in [1.54, 1.807) is 18.3 Å². The summed E-state index contributed by atoms with van der Waals surface area (Å²) in [6.45, 7) is 0. The number of benzene rings is 2. The summed E-state index contributed by atoms with van der Waals surface area (Å²) in [5.41, 5.74) is 2.22. The molecule has 1 amide bonds. The smallest absolute Gasteiger partial charge is 0.234 e. The number of carbonyl (C=O) groups excluding carboxylic acids is 1. The highest BCUT2D eigenvalue weighted by molar-refractivity contribution is 7.99. The van der Waals surface area contributed by atoms with Gasteiger partial charge in [0.25, 0.3) is 0 Å². The van der Waals surface area contributed by atoms with Crippen LogP contribution in [0.15, 0.2) is 59.9 Å². The van der Waals surface area contributed by atoms with Crippen molar-refractivity contribution in [2.45, 2.75) is 5.16 Å². The molecule has 0 aliphatic rings. The van der Waals surface area contributed by atoms with Crippen molar-refractivity contribution in [1.29, 1.82) is 0 Å². The van der Waals surface area contributed by atoms with Crippen molar-refractivity contribution in [1.82, 2.24) is 9.55 Å². The summed E-state index contributed by atoms with van der Waals surface area (Å²) in [5.74, 6) is -0.680. The summed E-state index contributed by atoms with van der Waals surface area (Å²) in [6.07, 6.45) is 1.69. The molecule has 0 aliphatic carbocycles. The molecule has 0 bridgehead atoms. The first-order valence-electron chi connectivity index (χ1n) is 7.49. The number of carbonyl (C=O) groups is 1. The number of nitrogens with one attached hydrogen (secondary N) is 1. The van der Waals surface area contributed by atoms with Gasteiger partial charge >= 0.3 is 0 Å². The minimum atomic E-state index is -0.353.